The molecule has 0 bridgehead atoms. The van der Waals surface area contributed by atoms with E-state index in [0.717, 1.165) is 13.2 Å². The molecule has 1 atom stereocenters. The van der Waals surface area contributed by atoms with Gasteiger partial charge in [0, 0.05) is 16.7 Å². The number of hydrogen-bond acceptors (Lipinski definition) is 2. The minimum absolute atomic E-state index is 0.0498. The van der Waals surface area contributed by atoms with Gasteiger partial charge in [-0.2, -0.15) is 26.3 Å². The summed E-state index contributed by atoms with van der Waals surface area (Å²) in [5.74, 6) is -1.66. The molecule has 130 valence electrons. The highest BCUT2D eigenvalue weighted by Gasteiger charge is 2.74. The Morgan fingerprint density at radius 3 is 1.78 bits per heavy atom. The van der Waals surface area contributed by atoms with E-state index in [0.29, 0.717) is 6.07 Å². The SMILES string of the molecule is Cc1c(C(=O)O)ccc(C(F)(C(F)(F)F)C(F)(F)F)c1[S@@](C)=O. The van der Waals surface area contributed by atoms with E-state index in [9.17, 15) is 39.7 Å². The molecule has 1 N–H and O–H groups in total. The van der Waals surface area contributed by atoms with Crippen LogP contribution in [0.5, 0.6) is 0 Å². The molecule has 23 heavy (non-hydrogen) atoms. The van der Waals surface area contributed by atoms with Crippen molar-refractivity contribution < 1.29 is 44.8 Å². The van der Waals surface area contributed by atoms with E-state index in [4.69, 9.17) is 5.11 Å². The van der Waals surface area contributed by atoms with Crippen LogP contribution in [0.15, 0.2) is 17.0 Å². The number of hydrogen-bond donors (Lipinski definition) is 1. The maximum Gasteiger partial charge on any atom is 0.435 e. The zero-order chi connectivity index (χ0) is 18.4. The molecule has 0 aliphatic heterocycles. The molecule has 11 heteroatoms. The molecule has 1 aromatic rings. The van der Waals surface area contributed by atoms with Gasteiger partial charge < -0.3 is 5.11 Å². The number of halogens is 7. The van der Waals surface area contributed by atoms with Crippen molar-refractivity contribution in [2.75, 3.05) is 6.26 Å². The summed E-state index contributed by atoms with van der Waals surface area (Å²) >= 11 is 0. The first-order valence-corrected chi connectivity index (χ1v) is 7.25. The summed E-state index contributed by atoms with van der Waals surface area (Å²) in [6.45, 7) is 0.858. The van der Waals surface area contributed by atoms with Crippen LogP contribution in [0.3, 0.4) is 0 Å². The van der Waals surface area contributed by atoms with Gasteiger partial charge in [0.15, 0.2) is 0 Å². The highest BCUT2D eigenvalue weighted by Crippen LogP contribution is 2.54. The molecule has 0 saturated heterocycles. The van der Waals surface area contributed by atoms with E-state index in [1.165, 1.54) is 0 Å². The molecular formula is C12H9F7O3S. The van der Waals surface area contributed by atoms with Gasteiger partial charge >= 0.3 is 24.0 Å². The number of aromatic carboxylic acids is 1. The Morgan fingerprint density at radius 2 is 1.48 bits per heavy atom. The Bertz CT molecular complexity index is 650. The molecule has 0 amide bonds. The smallest absolute Gasteiger partial charge is 0.435 e. The summed E-state index contributed by atoms with van der Waals surface area (Å²) in [4.78, 5) is 9.76. The minimum atomic E-state index is -6.38. The van der Waals surface area contributed by atoms with E-state index < -0.39 is 56.4 Å². The minimum Gasteiger partial charge on any atom is -0.478 e. The van der Waals surface area contributed by atoms with E-state index in [-0.39, 0.29) is 6.07 Å². The number of carboxylic acid groups (broad SMARTS) is 1. The third-order valence-electron chi connectivity index (χ3n) is 3.08. The van der Waals surface area contributed by atoms with Crippen molar-refractivity contribution in [2.45, 2.75) is 29.8 Å². The van der Waals surface area contributed by atoms with Crippen LogP contribution in [0.25, 0.3) is 0 Å². The maximum absolute atomic E-state index is 14.1. The van der Waals surface area contributed by atoms with E-state index >= 15 is 0 Å². The van der Waals surface area contributed by atoms with Crippen LogP contribution >= 0.6 is 0 Å². The third kappa shape index (κ3) is 3.06. The van der Waals surface area contributed by atoms with Gasteiger partial charge in [-0.1, -0.05) is 6.07 Å². The van der Waals surface area contributed by atoms with Crippen molar-refractivity contribution in [2.24, 2.45) is 0 Å². The van der Waals surface area contributed by atoms with Crippen LogP contribution in [-0.2, 0) is 16.5 Å². The van der Waals surface area contributed by atoms with Gasteiger partial charge in [0.25, 0.3) is 0 Å². The first-order chi connectivity index (χ1) is 10.2. The fraction of sp³-hybridized carbons (Fsp3) is 0.417. The van der Waals surface area contributed by atoms with Crippen LogP contribution < -0.4 is 0 Å². The highest BCUT2D eigenvalue weighted by atomic mass is 32.2. The van der Waals surface area contributed by atoms with Gasteiger partial charge in [-0.15, -0.1) is 0 Å². The Labute approximate surface area is 127 Å². The molecule has 3 nitrogen and oxygen atoms in total. The number of alkyl halides is 7. The van der Waals surface area contributed by atoms with Crippen LogP contribution in [0, 0.1) is 6.92 Å². The molecule has 0 heterocycles. The Kier molecular flexibility index (Phi) is 4.86. The summed E-state index contributed by atoms with van der Waals surface area (Å²) in [5, 5.41) is 8.85. The van der Waals surface area contributed by atoms with Gasteiger partial charge in [-0.3, -0.25) is 4.21 Å². The van der Waals surface area contributed by atoms with Crippen molar-refractivity contribution in [3.8, 4) is 0 Å². The van der Waals surface area contributed by atoms with Crippen LogP contribution in [-0.4, -0.2) is 33.9 Å². The van der Waals surface area contributed by atoms with Crippen molar-refractivity contribution in [3.63, 3.8) is 0 Å². The summed E-state index contributed by atoms with van der Waals surface area (Å²) in [6, 6.07) is 0.462. The third-order valence-corrected chi connectivity index (χ3v) is 4.18. The zero-order valence-electron chi connectivity index (χ0n) is 11.5. The van der Waals surface area contributed by atoms with Gasteiger partial charge in [0.1, 0.15) is 0 Å². The topological polar surface area (TPSA) is 54.4 Å². The Morgan fingerprint density at radius 1 is 1.04 bits per heavy atom. The molecule has 0 fully saturated rings. The number of benzene rings is 1. The first kappa shape index (κ1) is 19.4. The highest BCUT2D eigenvalue weighted by molar-refractivity contribution is 7.84. The molecule has 0 saturated carbocycles. The van der Waals surface area contributed by atoms with Gasteiger partial charge in [0.05, 0.1) is 16.4 Å². The lowest BCUT2D eigenvalue weighted by Gasteiger charge is -2.32. The van der Waals surface area contributed by atoms with E-state index in [1.54, 1.807) is 0 Å². The summed E-state index contributed by atoms with van der Waals surface area (Å²) < 4.78 is 103. The molecule has 1 rings (SSSR count). The predicted octanol–water partition coefficient (Wildman–Crippen LogP) is 3.72. The van der Waals surface area contributed by atoms with E-state index in [1.807, 2.05) is 0 Å². The molecule has 0 unspecified atom stereocenters. The molecule has 0 aliphatic carbocycles. The molecule has 0 aromatic heterocycles. The largest absolute Gasteiger partial charge is 0.478 e. The summed E-state index contributed by atoms with van der Waals surface area (Å²) in [6.07, 6.45) is -12.0. The average Bonchev–Trinajstić information content (AvgIpc) is 2.33. The second kappa shape index (κ2) is 5.77. The van der Waals surface area contributed by atoms with Crippen molar-refractivity contribution in [1.82, 2.24) is 0 Å². The number of carboxylic acids is 1. The summed E-state index contributed by atoms with van der Waals surface area (Å²) in [5.41, 5.74) is -9.01. The Hall–Kier alpha value is -1.65. The van der Waals surface area contributed by atoms with Crippen molar-refractivity contribution in [1.29, 1.82) is 0 Å². The van der Waals surface area contributed by atoms with Crippen molar-refractivity contribution >= 4 is 16.8 Å². The molecule has 0 spiro atoms. The van der Waals surface area contributed by atoms with Gasteiger partial charge in [-0.25, -0.2) is 9.18 Å². The summed E-state index contributed by atoms with van der Waals surface area (Å²) in [7, 11) is -2.50. The van der Waals surface area contributed by atoms with Gasteiger partial charge in [0.2, 0.25) is 0 Å². The average molecular weight is 366 g/mol. The predicted molar refractivity (Wildman–Crippen MR) is 65.4 cm³/mol. The standard InChI is InChI=1S/C12H9F7O3S/c1-5-6(9(20)21)3-4-7(8(5)23(2)22)10(13,11(14,15)16)12(17,18)19/h3-4H,1-2H3,(H,20,21)/t23-/m1/s1. The number of rotatable bonds is 3. The molecule has 0 aliphatic rings. The second-order valence-electron chi connectivity index (χ2n) is 4.53. The molecule has 1 aromatic carbocycles. The van der Waals surface area contributed by atoms with Gasteiger partial charge in [-0.05, 0) is 18.6 Å². The van der Waals surface area contributed by atoms with E-state index in [2.05, 4.69) is 0 Å². The second-order valence-corrected chi connectivity index (χ2v) is 5.84. The fourth-order valence-corrected chi connectivity index (χ4v) is 3.09. The fourth-order valence-electron chi connectivity index (χ4n) is 2.03. The normalized spacial score (nSPS) is 14.7. The quantitative estimate of drug-likeness (QED) is 0.830. The lowest BCUT2D eigenvalue weighted by molar-refractivity contribution is -0.349. The molecule has 0 radical (unpaired) electrons. The monoisotopic (exact) mass is 366 g/mol. The lowest BCUT2D eigenvalue weighted by Crippen LogP contribution is -2.51. The Balaban J connectivity index is 3.94. The van der Waals surface area contributed by atoms with Crippen LogP contribution in [0.2, 0.25) is 0 Å². The zero-order valence-corrected chi connectivity index (χ0v) is 12.3. The first-order valence-electron chi connectivity index (χ1n) is 5.69. The number of carbonyl (C=O) groups is 1. The lowest BCUT2D eigenvalue weighted by atomic mass is 9.91. The maximum atomic E-state index is 14.1. The molecular weight excluding hydrogens is 357 g/mol. The van der Waals surface area contributed by atoms with Crippen LogP contribution in [0.4, 0.5) is 30.7 Å². The van der Waals surface area contributed by atoms with Crippen molar-refractivity contribution in [3.05, 3.63) is 28.8 Å². The van der Waals surface area contributed by atoms with Crippen LogP contribution in [0.1, 0.15) is 21.5 Å².